The van der Waals surface area contributed by atoms with E-state index in [1.807, 2.05) is 4.68 Å². The van der Waals surface area contributed by atoms with Gasteiger partial charge in [-0.3, -0.25) is 4.79 Å². The van der Waals surface area contributed by atoms with Gasteiger partial charge in [0.15, 0.2) is 5.82 Å². The van der Waals surface area contributed by atoms with Crippen molar-refractivity contribution >= 4 is 18.3 Å². The molecule has 1 amide bonds. The number of carbonyl (C=O) groups excluding carboxylic acids is 1. The topological polar surface area (TPSA) is 95.1 Å². The summed E-state index contributed by atoms with van der Waals surface area (Å²) < 4.78 is 7.87. The fourth-order valence-electron chi connectivity index (χ4n) is 3.37. The van der Waals surface area contributed by atoms with Gasteiger partial charge in [-0.25, -0.2) is 9.67 Å². The number of aromatic nitrogens is 3. The van der Waals surface area contributed by atoms with Gasteiger partial charge in [-0.05, 0) is 32.1 Å². The summed E-state index contributed by atoms with van der Waals surface area (Å²) in [6.07, 6.45) is 6.36. The first-order valence-electron chi connectivity index (χ1n) is 9.60. The molecule has 0 aromatic carbocycles. The average molecular weight is 388 g/mol. The summed E-state index contributed by atoms with van der Waals surface area (Å²) in [5.41, 5.74) is 6.36. The third kappa shape index (κ3) is 6.21. The first-order chi connectivity index (χ1) is 12.1. The van der Waals surface area contributed by atoms with E-state index < -0.39 is 0 Å². The third-order valence-corrected chi connectivity index (χ3v) is 4.80. The normalized spacial score (nSPS) is 22.7. The second kappa shape index (κ2) is 11.5. The Morgan fingerprint density at radius 3 is 2.73 bits per heavy atom. The molecule has 2 rings (SSSR count). The standard InChI is InChI=1S/C18H33N5O2.ClH/c1-4-6-9-23-18(21-16(22-23)12-17(24)20-3)13-7-8-15(14(19)11-13)25-10-5-2;/h13-15H,4-12,19H2,1-3H3,(H,20,24);1H/t13-,14+,15+;/m0./s1. The van der Waals surface area contributed by atoms with Crippen LogP contribution < -0.4 is 11.1 Å². The zero-order chi connectivity index (χ0) is 18.2. The van der Waals surface area contributed by atoms with Crippen LogP contribution in [-0.2, 0) is 22.5 Å². The number of ether oxygens (including phenoxy) is 1. The zero-order valence-electron chi connectivity index (χ0n) is 16.2. The number of halogens is 1. The van der Waals surface area contributed by atoms with Crippen molar-refractivity contribution in [3.8, 4) is 0 Å². The molecule has 26 heavy (non-hydrogen) atoms. The Balaban J connectivity index is 0.00000338. The van der Waals surface area contributed by atoms with Crippen LogP contribution in [0.1, 0.15) is 69.9 Å². The van der Waals surface area contributed by atoms with Gasteiger partial charge in [-0.1, -0.05) is 20.3 Å². The summed E-state index contributed by atoms with van der Waals surface area (Å²) in [7, 11) is 1.63. The average Bonchev–Trinajstić information content (AvgIpc) is 3.01. The zero-order valence-corrected chi connectivity index (χ0v) is 17.1. The van der Waals surface area contributed by atoms with E-state index in [1.54, 1.807) is 7.05 Å². The van der Waals surface area contributed by atoms with Gasteiger partial charge in [-0.15, -0.1) is 12.4 Å². The number of hydrogen-bond acceptors (Lipinski definition) is 5. The predicted molar refractivity (Wildman–Crippen MR) is 105 cm³/mol. The number of amides is 1. The number of nitrogens with one attached hydrogen (secondary N) is 1. The Morgan fingerprint density at radius 1 is 1.35 bits per heavy atom. The summed E-state index contributed by atoms with van der Waals surface area (Å²) in [6.45, 7) is 5.88. The second-order valence-corrected chi connectivity index (χ2v) is 6.90. The van der Waals surface area contributed by atoms with Crippen molar-refractivity contribution in [2.75, 3.05) is 13.7 Å². The van der Waals surface area contributed by atoms with Crippen LogP contribution in [0, 0.1) is 0 Å². The molecule has 1 heterocycles. The molecule has 0 spiro atoms. The Labute approximate surface area is 162 Å². The van der Waals surface area contributed by atoms with Crippen LogP contribution in [-0.4, -0.2) is 46.5 Å². The Hall–Kier alpha value is -1.18. The minimum Gasteiger partial charge on any atom is -0.377 e. The third-order valence-electron chi connectivity index (χ3n) is 4.80. The second-order valence-electron chi connectivity index (χ2n) is 6.90. The van der Waals surface area contributed by atoms with Gasteiger partial charge in [-0.2, -0.15) is 5.10 Å². The molecule has 1 aromatic rings. The predicted octanol–water partition coefficient (Wildman–Crippen LogP) is 2.18. The monoisotopic (exact) mass is 387 g/mol. The molecule has 1 saturated carbocycles. The van der Waals surface area contributed by atoms with Crippen LogP contribution in [0.2, 0.25) is 0 Å². The van der Waals surface area contributed by atoms with E-state index in [2.05, 4.69) is 24.3 Å². The van der Waals surface area contributed by atoms with Gasteiger partial charge in [0.1, 0.15) is 5.82 Å². The maximum absolute atomic E-state index is 11.7. The summed E-state index contributed by atoms with van der Waals surface area (Å²) in [6, 6.07) is 0.0315. The van der Waals surface area contributed by atoms with Gasteiger partial charge < -0.3 is 15.8 Å². The van der Waals surface area contributed by atoms with E-state index in [4.69, 9.17) is 15.5 Å². The molecule has 1 fully saturated rings. The highest BCUT2D eigenvalue weighted by Gasteiger charge is 2.32. The molecule has 0 unspecified atom stereocenters. The molecule has 0 bridgehead atoms. The number of likely N-dealkylation sites (N-methyl/N-ethyl adjacent to an activating group) is 1. The molecule has 1 aliphatic rings. The van der Waals surface area contributed by atoms with Gasteiger partial charge >= 0.3 is 0 Å². The molecular formula is C18H34ClN5O2. The molecule has 0 aliphatic heterocycles. The Kier molecular flexibility index (Phi) is 10.1. The van der Waals surface area contributed by atoms with Gasteiger partial charge in [0.2, 0.25) is 5.91 Å². The molecular weight excluding hydrogens is 354 g/mol. The summed E-state index contributed by atoms with van der Waals surface area (Å²) in [4.78, 5) is 16.3. The van der Waals surface area contributed by atoms with Gasteiger partial charge in [0, 0.05) is 32.2 Å². The summed E-state index contributed by atoms with van der Waals surface area (Å²) in [5.74, 6) is 1.81. The van der Waals surface area contributed by atoms with Gasteiger partial charge in [0.05, 0.1) is 12.5 Å². The SMILES string of the molecule is CCCCn1nc(CC(=O)NC)nc1[C@H]1CC[C@@H](OCCC)[C@H](N)C1.Cl. The molecule has 150 valence electrons. The fourth-order valence-corrected chi connectivity index (χ4v) is 3.37. The number of nitrogens with zero attached hydrogens (tertiary/aromatic N) is 3. The van der Waals surface area contributed by atoms with Gasteiger partial charge in [0.25, 0.3) is 0 Å². The van der Waals surface area contributed by atoms with E-state index in [1.165, 1.54) is 0 Å². The number of carbonyl (C=O) groups is 1. The van der Waals surface area contributed by atoms with E-state index >= 15 is 0 Å². The van der Waals surface area contributed by atoms with E-state index in [-0.39, 0.29) is 36.9 Å². The van der Waals surface area contributed by atoms with Crippen molar-refractivity contribution in [3.05, 3.63) is 11.6 Å². The maximum Gasteiger partial charge on any atom is 0.227 e. The number of rotatable bonds is 9. The van der Waals surface area contributed by atoms with Crippen molar-refractivity contribution in [1.82, 2.24) is 20.1 Å². The molecule has 1 aliphatic carbocycles. The number of aryl methyl sites for hydroxylation is 1. The van der Waals surface area contributed by atoms with E-state index in [0.29, 0.717) is 11.7 Å². The Morgan fingerprint density at radius 2 is 2.12 bits per heavy atom. The van der Waals surface area contributed by atoms with E-state index in [9.17, 15) is 4.79 Å². The first-order valence-corrected chi connectivity index (χ1v) is 9.60. The van der Waals surface area contributed by atoms with Crippen LogP contribution in [0.5, 0.6) is 0 Å². The quantitative estimate of drug-likeness (QED) is 0.677. The van der Waals surface area contributed by atoms with Crippen molar-refractivity contribution < 1.29 is 9.53 Å². The highest BCUT2D eigenvalue weighted by molar-refractivity contribution is 5.85. The Bertz CT molecular complexity index is 552. The minimum atomic E-state index is -0.0624. The van der Waals surface area contributed by atoms with Crippen molar-refractivity contribution in [2.45, 2.75) is 83.4 Å². The highest BCUT2D eigenvalue weighted by atomic mass is 35.5. The van der Waals surface area contributed by atoms with Crippen molar-refractivity contribution in [2.24, 2.45) is 5.73 Å². The summed E-state index contributed by atoms with van der Waals surface area (Å²) in [5, 5.41) is 7.21. The lowest BCUT2D eigenvalue weighted by atomic mass is 9.83. The first kappa shape index (κ1) is 22.9. The lowest BCUT2D eigenvalue weighted by Crippen LogP contribution is -2.42. The molecule has 3 N–H and O–H groups in total. The lowest BCUT2D eigenvalue weighted by Gasteiger charge is -2.33. The summed E-state index contributed by atoms with van der Waals surface area (Å²) >= 11 is 0. The number of hydrogen-bond donors (Lipinski definition) is 2. The van der Waals surface area contributed by atoms with E-state index in [0.717, 1.165) is 57.5 Å². The molecule has 3 atom stereocenters. The van der Waals surface area contributed by atoms with Crippen molar-refractivity contribution in [3.63, 3.8) is 0 Å². The molecule has 8 heteroatoms. The maximum atomic E-state index is 11.7. The minimum absolute atomic E-state index is 0. The van der Waals surface area contributed by atoms with Crippen LogP contribution in [0.3, 0.4) is 0 Å². The number of unbranched alkanes of at least 4 members (excludes halogenated alkanes) is 1. The highest BCUT2D eigenvalue weighted by Crippen LogP contribution is 2.33. The smallest absolute Gasteiger partial charge is 0.227 e. The largest absolute Gasteiger partial charge is 0.377 e. The molecule has 1 aromatic heterocycles. The molecule has 7 nitrogen and oxygen atoms in total. The fraction of sp³-hybridized carbons (Fsp3) is 0.833. The van der Waals surface area contributed by atoms with Crippen LogP contribution in [0.25, 0.3) is 0 Å². The van der Waals surface area contributed by atoms with Crippen LogP contribution >= 0.6 is 12.4 Å². The molecule has 0 radical (unpaired) electrons. The number of nitrogens with two attached hydrogens (primary N) is 1. The van der Waals surface area contributed by atoms with Crippen LogP contribution in [0.4, 0.5) is 0 Å². The van der Waals surface area contributed by atoms with Crippen molar-refractivity contribution in [1.29, 1.82) is 0 Å². The lowest BCUT2D eigenvalue weighted by molar-refractivity contribution is -0.120. The van der Waals surface area contributed by atoms with Crippen LogP contribution in [0.15, 0.2) is 0 Å². The molecule has 0 saturated heterocycles.